The monoisotopic (exact) mass is 289 g/mol. The fourth-order valence-electron chi connectivity index (χ4n) is 0.795. The number of rotatable bonds is 3. The first-order valence-electron chi connectivity index (χ1n) is 3.56. The number of methoxy groups -OCH3 is 1. The maximum Gasteiger partial charge on any atom is 0.190 e. The Morgan fingerprint density at radius 3 is 2.92 bits per heavy atom. The number of hydrogen-bond acceptors (Lipinski definition) is 2. The first-order valence-corrected chi connectivity index (χ1v) is 4.64. The molecule has 0 saturated heterocycles. The Morgan fingerprint density at radius 2 is 2.31 bits per heavy atom. The standard InChI is InChI=1S/C9H8INO2/c1-11-7-3-4-8(10)9(5-7)13-6-12-2/h3-5H,6H2,2H3. The van der Waals surface area contributed by atoms with Crippen LogP contribution in [-0.4, -0.2) is 13.9 Å². The van der Waals surface area contributed by atoms with Gasteiger partial charge in [-0.2, -0.15) is 0 Å². The van der Waals surface area contributed by atoms with E-state index in [0.29, 0.717) is 11.4 Å². The van der Waals surface area contributed by atoms with E-state index in [4.69, 9.17) is 16.0 Å². The average Bonchev–Trinajstić information content (AvgIpc) is 2.17. The van der Waals surface area contributed by atoms with Crippen molar-refractivity contribution in [1.29, 1.82) is 0 Å². The lowest BCUT2D eigenvalue weighted by Gasteiger charge is -2.06. The van der Waals surface area contributed by atoms with Crippen LogP contribution in [0.1, 0.15) is 0 Å². The summed E-state index contributed by atoms with van der Waals surface area (Å²) in [5.74, 6) is 0.691. The average molecular weight is 289 g/mol. The van der Waals surface area contributed by atoms with Crippen molar-refractivity contribution in [2.75, 3.05) is 13.9 Å². The Hall–Kier alpha value is -0.800. The summed E-state index contributed by atoms with van der Waals surface area (Å²) in [6.07, 6.45) is 0. The maximum absolute atomic E-state index is 6.82. The predicted molar refractivity (Wildman–Crippen MR) is 57.9 cm³/mol. The first kappa shape index (κ1) is 10.3. The van der Waals surface area contributed by atoms with Crippen LogP contribution in [0, 0.1) is 10.1 Å². The fourth-order valence-corrected chi connectivity index (χ4v) is 1.29. The topological polar surface area (TPSA) is 22.8 Å². The lowest BCUT2D eigenvalue weighted by atomic mass is 10.3. The van der Waals surface area contributed by atoms with Gasteiger partial charge in [0.1, 0.15) is 5.75 Å². The van der Waals surface area contributed by atoms with Gasteiger partial charge in [0.05, 0.1) is 10.1 Å². The Morgan fingerprint density at radius 1 is 1.54 bits per heavy atom. The van der Waals surface area contributed by atoms with Gasteiger partial charge in [-0.25, -0.2) is 4.85 Å². The molecule has 0 aliphatic heterocycles. The van der Waals surface area contributed by atoms with Crippen molar-refractivity contribution in [3.05, 3.63) is 33.2 Å². The summed E-state index contributed by atoms with van der Waals surface area (Å²) in [6.45, 7) is 7.03. The molecule has 0 bridgehead atoms. The van der Waals surface area contributed by atoms with E-state index < -0.39 is 0 Å². The van der Waals surface area contributed by atoms with Gasteiger partial charge in [0.15, 0.2) is 12.5 Å². The number of hydrogen-bond donors (Lipinski definition) is 0. The Bertz CT molecular complexity index is 333. The Labute approximate surface area is 90.6 Å². The van der Waals surface area contributed by atoms with Gasteiger partial charge in [0.25, 0.3) is 0 Å². The van der Waals surface area contributed by atoms with E-state index in [9.17, 15) is 0 Å². The van der Waals surface area contributed by atoms with Crippen molar-refractivity contribution in [2.24, 2.45) is 0 Å². The smallest absolute Gasteiger partial charge is 0.190 e. The highest BCUT2D eigenvalue weighted by Gasteiger charge is 2.01. The molecule has 0 atom stereocenters. The summed E-state index contributed by atoms with van der Waals surface area (Å²) < 4.78 is 11.0. The largest absolute Gasteiger partial charge is 0.468 e. The molecular weight excluding hydrogens is 281 g/mol. The summed E-state index contributed by atoms with van der Waals surface area (Å²) in [7, 11) is 1.56. The van der Waals surface area contributed by atoms with E-state index in [2.05, 4.69) is 27.4 Å². The molecule has 0 heterocycles. The second kappa shape index (κ2) is 5.04. The van der Waals surface area contributed by atoms with Crippen LogP contribution < -0.4 is 4.74 Å². The molecule has 1 aromatic rings. The number of benzene rings is 1. The molecule has 1 aromatic carbocycles. The quantitative estimate of drug-likeness (QED) is 0.485. The highest BCUT2D eigenvalue weighted by molar-refractivity contribution is 14.1. The zero-order valence-electron chi connectivity index (χ0n) is 7.08. The lowest BCUT2D eigenvalue weighted by Crippen LogP contribution is -1.99. The second-order valence-electron chi connectivity index (χ2n) is 2.28. The van der Waals surface area contributed by atoms with E-state index in [-0.39, 0.29) is 6.79 Å². The maximum atomic E-state index is 6.82. The van der Waals surface area contributed by atoms with Crippen molar-refractivity contribution >= 4 is 28.3 Å². The normalized spacial score (nSPS) is 9.31. The van der Waals surface area contributed by atoms with Crippen LogP contribution in [0.2, 0.25) is 0 Å². The van der Waals surface area contributed by atoms with Crippen molar-refractivity contribution in [3.63, 3.8) is 0 Å². The van der Waals surface area contributed by atoms with Crippen LogP contribution in [0.25, 0.3) is 4.85 Å². The van der Waals surface area contributed by atoms with E-state index in [1.807, 2.05) is 6.07 Å². The minimum atomic E-state index is 0.206. The van der Waals surface area contributed by atoms with Gasteiger partial charge >= 0.3 is 0 Å². The molecule has 4 heteroatoms. The molecule has 0 N–H and O–H groups in total. The van der Waals surface area contributed by atoms with E-state index in [1.165, 1.54) is 0 Å². The molecule has 0 radical (unpaired) electrons. The van der Waals surface area contributed by atoms with E-state index in [0.717, 1.165) is 3.57 Å². The van der Waals surface area contributed by atoms with Gasteiger partial charge in [0.2, 0.25) is 0 Å². The molecule has 0 aliphatic carbocycles. The van der Waals surface area contributed by atoms with E-state index in [1.54, 1.807) is 19.2 Å². The highest BCUT2D eigenvalue weighted by Crippen LogP contribution is 2.26. The highest BCUT2D eigenvalue weighted by atomic mass is 127. The van der Waals surface area contributed by atoms with Crippen LogP contribution in [0.3, 0.4) is 0 Å². The van der Waals surface area contributed by atoms with Crippen molar-refractivity contribution < 1.29 is 9.47 Å². The van der Waals surface area contributed by atoms with Crippen LogP contribution >= 0.6 is 22.6 Å². The van der Waals surface area contributed by atoms with E-state index >= 15 is 0 Å². The Kier molecular flexibility index (Phi) is 3.99. The molecule has 1 rings (SSSR count). The molecule has 0 fully saturated rings. The summed E-state index contributed by atoms with van der Waals surface area (Å²) in [5, 5.41) is 0. The molecule has 0 aromatic heterocycles. The third kappa shape index (κ3) is 2.86. The lowest BCUT2D eigenvalue weighted by molar-refractivity contribution is 0.0505. The van der Waals surface area contributed by atoms with Crippen molar-refractivity contribution in [3.8, 4) is 5.75 Å². The number of ether oxygens (including phenoxy) is 2. The van der Waals surface area contributed by atoms with Gasteiger partial charge in [-0.1, -0.05) is 12.1 Å². The molecule has 0 spiro atoms. The summed E-state index contributed by atoms with van der Waals surface area (Å²) in [4.78, 5) is 3.31. The van der Waals surface area contributed by atoms with Crippen molar-refractivity contribution in [1.82, 2.24) is 0 Å². The van der Waals surface area contributed by atoms with Crippen LogP contribution in [0.5, 0.6) is 5.75 Å². The molecule has 0 amide bonds. The summed E-state index contributed by atoms with van der Waals surface area (Å²) in [5.41, 5.74) is 0.575. The molecule has 3 nitrogen and oxygen atoms in total. The van der Waals surface area contributed by atoms with Crippen LogP contribution in [0.4, 0.5) is 5.69 Å². The second-order valence-corrected chi connectivity index (χ2v) is 3.44. The molecular formula is C9H8INO2. The van der Waals surface area contributed by atoms with Crippen LogP contribution in [0.15, 0.2) is 18.2 Å². The Balaban J connectivity index is 2.85. The van der Waals surface area contributed by atoms with Crippen LogP contribution in [-0.2, 0) is 4.74 Å². The van der Waals surface area contributed by atoms with Gasteiger partial charge < -0.3 is 9.47 Å². The van der Waals surface area contributed by atoms with Gasteiger partial charge in [-0.3, -0.25) is 0 Å². The summed E-state index contributed by atoms with van der Waals surface area (Å²) in [6, 6.07) is 5.31. The number of halogens is 1. The summed E-state index contributed by atoms with van der Waals surface area (Å²) >= 11 is 2.15. The molecule has 68 valence electrons. The van der Waals surface area contributed by atoms with Crippen molar-refractivity contribution in [2.45, 2.75) is 0 Å². The first-order chi connectivity index (χ1) is 6.27. The van der Waals surface area contributed by atoms with Gasteiger partial charge in [0, 0.05) is 7.11 Å². The number of nitrogens with zero attached hydrogens (tertiary/aromatic N) is 1. The fraction of sp³-hybridized carbons (Fsp3) is 0.222. The third-order valence-electron chi connectivity index (χ3n) is 1.38. The molecule has 13 heavy (non-hydrogen) atoms. The molecule has 0 saturated carbocycles. The predicted octanol–water partition coefficient (Wildman–Crippen LogP) is 2.82. The van der Waals surface area contributed by atoms with Gasteiger partial charge in [-0.15, -0.1) is 0 Å². The molecule has 0 unspecified atom stereocenters. The SMILES string of the molecule is [C-]#[N+]c1ccc(I)c(OCOC)c1. The zero-order valence-corrected chi connectivity index (χ0v) is 9.24. The van der Waals surface area contributed by atoms with Gasteiger partial charge in [-0.05, 0) is 28.7 Å². The molecule has 0 aliphatic rings. The zero-order chi connectivity index (χ0) is 9.68. The minimum Gasteiger partial charge on any atom is -0.468 e. The minimum absolute atomic E-state index is 0.206. The third-order valence-corrected chi connectivity index (χ3v) is 2.27.